The monoisotopic (exact) mass is 425 g/mol. The quantitative estimate of drug-likeness (QED) is 0.819. The maximum absolute atomic E-state index is 13.1. The van der Waals surface area contributed by atoms with Crippen molar-refractivity contribution in [3.8, 4) is 5.75 Å². The van der Waals surface area contributed by atoms with Crippen molar-refractivity contribution in [1.82, 2.24) is 9.80 Å². The Labute approximate surface area is 178 Å². The Kier molecular flexibility index (Phi) is 4.54. The summed E-state index contributed by atoms with van der Waals surface area (Å²) in [5.41, 5.74) is 1.88. The van der Waals surface area contributed by atoms with Crippen LogP contribution in [0.3, 0.4) is 0 Å². The van der Waals surface area contributed by atoms with E-state index >= 15 is 0 Å². The first kappa shape index (κ1) is 19.1. The van der Waals surface area contributed by atoms with Gasteiger partial charge in [0.2, 0.25) is 5.91 Å². The van der Waals surface area contributed by atoms with Gasteiger partial charge >= 0.3 is 0 Å². The predicted octanol–water partition coefficient (Wildman–Crippen LogP) is 2.48. The van der Waals surface area contributed by atoms with E-state index in [2.05, 4.69) is 0 Å². The van der Waals surface area contributed by atoms with Crippen molar-refractivity contribution >= 4 is 34.1 Å². The molecule has 8 heteroatoms. The summed E-state index contributed by atoms with van der Waals surface area (Å²) in [4.78, 5) is 44.8. The van der Waals surface area contributed by atoms with Crippen molar-refractivity contribution in [2.24, 2.45) is 5.92 Å². The summed E-state index contributed by atoms with van der Waals surface area (Å²) in [5.74, 6) is 0.0930. The molecule has 30 heavy (non-hydrogen) atoms. The van der Waals surface area contributed by atoms with E-state index in [9.17, 15) is 19.5 Å². The predicted molar refractivity (Wildman–Crippen MR) is 113 cm³/mol. The van der Waals surface area contributed by atoms with Crippen molar-refractivity contribution in [3.63, 3.8) is 0 Å². The summed E-state index contributed by atoms with van der Waals surface area (Å²) in [6, 6.07) is 6.53. The van der Waals surface area contributed by atoms with Gasteiger partial charge in [-0.15, -0.1) is 11.3 Å². The molecule has 1 aromatic carbocycles. The molecule has 1 aromatic heterocycles. The van der Waals surface area contributed by atoms with Crippen molar-refractivity contribution in [3.05, 3.63) is 45.8 Å². The van der Waals surface area contributed by atoms with Crippen molar-refractivity contribution < 1.29 is 19.5 Å². The average molecular weight is 426 g/mol. The Morgan fingerprint density at radius 1 is 1.20 bits per heavy atom. The van der Waals surface area contributed by atoms with Crippen molar-refractivity contribution in [2.75, 3.05) is 31.6 Å². The van der Waals surface area contributed by atoms with E-state index in [0.29, 0.717) is 37.5 Å². The van der Waals surface area contributed by atoms with E-state index in [4.69, 9.17) is 0 Å². The summed E-state index contributed by atoms with van der Waals surface area (Å²) < 4.78 is 0. The third-order valence-corrected chi connectivity index (χ3v) is 7.32. The van der Waals surface area contributed by atoms with Crippen LogP contribution < -0.4 is 4.90 Å². The second kappa shape index (κ2) is 7.12. The number of rotatable bonds is 3. The normalized spacial score (nSPS) is 18.9. The van der Waals surface area contributed by atoms with Crippen LogP contribution in [0, 0.1) is 5.92 Å². The molecule has 0 spiro atoms. The van der Waals surface area contributed by atoms with E-state index in [-0.39, 0.29) is 35.6 Å². The average Bonchev–Trinajstić information content (AvgIpc) is 3.49. The minimum absolute atomic E-state index is 0.0340. The minimum Gasteiger partial charge on any atom is -0.507 e. The number of benzene rings is 1. The highest BCUT2D eigenvalue weighted by Crippen LogP contribution is 2.43. The molecule has 1 fully saturated rings. The molecule has 0 unspecified atom stereocenters. The molecule has 0 bridgehead atoms. The van der Waals surface area contributed by atoms with E-state index in [1.807, 2.05) is 0 Å². The maximum atomic E-state index is 13.1. The van der Waals surface area contributed by atoms with Crippen LogP contribution in [-0.2, 0) is 17.8 Å². The lowest BCUT2D eigenvalue weighted by molar-refractivity contribution is -0.119. The number of hydrogen-bond acceptors (Lipinski definition) is 5. The zero-order chi connectivity index (χ0) is 21.0. The van der Waals surface area contributed by atoms with Gasteiger partial charge < -0.3 is 19.8 Å². The first-order chi connectivity index (χ1) is 14.4. The highest BCUT2D eigenvalue weighted by molar-refractivity contribution is 7.17. The van der Waals surface area contributed by atoms with Crippen LogP contribution in [0.4, 0.5) is 5.00 Å². The molecule has 2 aliphatic heterocycles. The molecule has 3 aliphatic rings. The fraction of sp³-hybridized carbons (Fsp3) is 0.409. The fourth-order valence-electron chi connectivity index (χ4n) is 4.21. The molecule has 3 heterocycles. The number of aromatic hydroxyl groups is 1. The van der Waals surface area contributed by atoms with Crippen LogP contribution >= 0.6 is 11.3 Å². The Morgan fingerprint density at radius 2 is 1.97 bits per heavy atom. The smallest absolute Gasteiger partial charge is 0.257 e. The standard InChI is InChI=1S/C22H23N3O4S/c1-23-12-18(27)25(10-13-6-7-13)22-19(21(23)29)15-8-9-24(11-17(15)30-22)20(28)14-4-2-3-5-16(14)26/h2-5,13,26H,6-12H2,1H3. The lowest BCUT2D eigenvalue weighted by Gasteiger charge is -2.28. The lowest BCUT2D eigenvalue weighted by Crippen LogP contribution is -2.38. The summed E-state index contributed by atoms with van der Waals surface area (Å²) in [6.07, 6.45) is 2.80. The van der Waals surface area contributed by atoms with Gasteiger partial charge in [-0.25, -0.2) is 0 Å². The van der Waals surface area contributed by atoms with Gasteiger partial charge in [-0.3, -0.25) is 14.4 Å². The number of amides is 3. The number of phenolic OH excluding ortho intramolecular Hbond substituents is 1. The van der Waals surface area contributed by atoms with Crippen LogP contribution in [0.5, 0.6) is 5.75 Å². The molecular formula is C22H23N3O4S. The third kappa shape index (κ3) is 3.15. The number of phenols is 1. The minimum atomic E-state index is -0.225. The van der Waals surface area contributed by atoms with Gasteiger partial charge in [0.05, 0.1) is 17.7 Å². The summed E-state index contributed by atoms with van der Waals surface area (Å²) >= 11 is 1.46. The Hall–Kier alpha value is -2.87. The Morgan fingerprint density at radius 3 is 2.70 bits per heavy atom. The first-order valence-electron chi connectivity index (χ1n) is 10.2. The van der Waals surface area contributed by atoms with Crippen molar-refractivity contribution in [2.45, 2.75) is 25.8 Å². The van der Waals surface area contributed by atoms with Gasteiger partial charge in [-0.05, 0) is 42.9 Å². The number of para-hydroxylation sites is 1. The maximum Gasteiger partial charge on any atom is 0.257 e. The van der Waals surface area contributed by atoms with Gasteiger partial charge in [0.25, 0.3) is 11.8 Å². The molecule has 5 rings (SSSR count). The molecule has 0 saturated heterocycles. The molecule has 1 N–H and O–H groups in total. The largest absolute Gasteiger partial charge is 0.507 e. The summed E-state index contributed by atoms with van der Waals surface area (Å²) in [5, 5.41) is 10.8. The zero-order valence-electron chi connectivity index (χ0n) is 16.8. The van der Waals surface area contributed by atoms with E-state index in [0.717, 1.165) is 28.3 Å². The van der Waals surface area contributed by atoms with Gasteiger partial charge in [0, 0.05) is 25.0 Å². The number of carbonyl (C=O) groups is 3. The second-order valence-electron chi connectivity index (χ2n) is 8.29. The number of nitrogens with zero attached hydrogens (tertiary/aromatic N) is 3. The molecule has 7 nitrogen and oxygen atoms in total. The van der Waals surface area contributed by atoms with Crippen LogP contribution in [-0.4, -0.2) is 59.3 Å². The highest BCUT2D eigenvalue weighted by Gasteiger charge is 2.39. The fourth-order valence-corrected chi connectivity index (χ4v) is 5.59. The number of hydrogen-bond donors (Lipinski definition) is 1. The van der Waals surface area contributed by atoms with Crippen LogP contribution in [0.2, 0.25) is 0 Å². The van der Waals surface area contributed by atoms with Gasteiger partial charge in [0.15, 0.2) is 0 Å². The zero-order valence-corrected chi connectivity index (χ0v) is 17.6. The van der Waals surface area contributed by atoms with Crippen LogP contribution in [0.1, 0.15) is 44.0 Å². The van der Waals surface area contributed by atoms with Crippen LogP contribution in [0.25, 0.3) is 0 Å². The number of thiophene rings is 1. The second-order valence-corrected chi connectivity index (χ2v) is 9.37. The molecule has 0 radical (unpaired) electrons. The summed E-state index contributed by atoms with van der Waals surface area (Å²) in [7, 11) is 1.67. The molecule has 1 saturated carbocycles. The molecule has 156 valence electrons. The Balaban J connectivity index is 1.50. The Bertz CT molecular complexity index is 1060. The molecule has 3 amide bonds. The number of fused-ring (bicyclic) bond motifs is 3. The van der Waals surface area contributed by atoms with E-state index in [1.54, 1.807) is 35.0 Å². The lowest BCUT2D eigenvalue weighted by atomic mass is 10.0. The molecule has 2 aromatic rings. The number of carbonyl (C=O) groups excluding carboxylic acids is 3. The first-order valence-corrected chi connectivity index (χ1v) is 11.0. The van der Waals surface area contributed by atoms with Crippen molar-refractivity contribution in [1.29, 1.82) is 0 Å². The number of anilines is 1. The van der Waals surface area contributed by atoms with Gasteiger partial charge in [-0.2, -0.15) is 0 Å². The number of likely N-dealkylation sites (N-methyl/N-ethyl adjacent to an activating group) is 1. The SMILES string of the molecule is CN1CC(=O)N(CC2CC2)c2sc3c(c2C1=O)CCN(C(=O)c1ccccc1O)C3. The van der Waals surface area contributed by atoms with Gasteiger partial charge in [-0.1, -0.05) is 12.1 Å². The highest BCUT2D eigenvalue weighted by atomic mass is 32.1. The van der Waals surface area contributed by atoms with Crippen LogP contribution in [0.15, 0.2) is 24.3 Å². The van der Waals surface area contributed by atoms with E-state index < -0.39 is 0 Å². The third-order valence-electron chi connectivity index (χ3n) is 6.08. The van der Waals surface area contributed by atoms with E-state index in [1.165, 1.54) is 22.3 Å². The topological polar surface area (TPSA) is 81.2 Å². The molecular weight excluding hydrogens is 402 g/mol. The summed E-state index contributed by atoms with van der Waals surface area (Å²) in [6.45, 7) is 1.60. The van der Waals surface area contributed by atoms with Gasteiger partial charge in [0.1, 0.15) is 17.3 Å². The molecule has 1 aliphatic carbocycles. The molecule has 0 atom stereocenters.